The first-order valence-corrected chi connectivity index (χ1v) is 8.04. The molecule has 0 saturated heterocycles. The van der Waals surface area contributed by atoms with E-state index in [1.165, 1.54) is 7.11 Å². The molecule has 7 heteroatoms. The monoisotopic (exact) mass is 332 g/mol. The highest BCUT2D eigenvalue weighted by Gasteiger charge is 2.15. The molecular weight excluding hydrogens is 308 g/mol. The number of carbonyl (C=O) groups is 2. The zero-order chi connectivity index (χ0) is 17.5. The Hall–Kier alpha value is -2.41. The summed E-state index contributed by atoms with van der Waals surface area (Å²) in [4.78, 5) is 28.4. The van der Waals surface area contributed by atoms with Gasteiger partial charge in [-0.25, -0.2) is 4.98 Å². The number of ether oxygens (including phenoxy) is 1. The average molecular weight is 332 g/mol. The third-order valence-electron chi connectivity index (χ3n) is 3.77. The maximum Gasteiger partial charge on any atom is 0.246 e. The molecule has 1 aromatic carbocycles. The molecule has 0 spiro atoms. The van der Waals surface area contributed by atoms with Crippen LogP contribution in [0, 0.1) is 0 Å². The van der Waals surface area contributed by atoms with Gasteiger partial charge in [0.1, 0.15) is 19.0 Å². The van der Waals surface area contributed by atoms with Crippen LogP contribution in [0.4, 0.5) is 0 Å². The van der Waals surface area contributed by atoms with Gasteiger partial charge in [0.15, 0.2) is 0 Å². The number of hydrogen-bond acceptors (Lipinski definition) is 4. The molecule has 2 rings (SSSR count). The molecule has 7 nitrogen and oxygen atoms in total. The number of rotatable bonds is 8. The first-order valence-electron chi connectivity index (χ1n) is 8.04. The number of imidazole rings is 1. The number of nitrogens with one attached hydrogen (secondary N) is 2. The van der Waals surface area contributed by atoms with E-state index in [0.29, 0.717) is 5.82 Å². The molecule has 1 unspecified atom stereocenters. The van der Waals surface area contributed by atoms with Gasteiger partial charge in [-0.15, -0.1) is 0 Å². The summed E-state index contributed by atoms with van der Waals surface area (Å²) in [6.45, 7) is 4.40. The van der Waals surface area contributed by atoms with Crippen molar-refractivity contribution in [2.75, 3.05) is 13.7 Å². The largest absolute Gasteiger partial charge is 0.375 e. The number of nitrogens with zero attached hydrogens (tertiary/aromatic N) is 2. The van der Waals surface area contributed by atoms with E-state index in [0.717, 1.165) is 17.5 Å². The van der Waals surface area contributed by atoms with Gasteiger partial charge in [-0.2, -0.15) is 0 Å². The second-order valence-corrected chi connectivity index (χ2v) is 5.69. The fourth-order valence-electron chi connectivity index (χ4n) is 2.36. The smallest absolute Gasteiger partial charge is 0.246 e. The van der Waals surface area contributed by atoms with Crippen LogP contribution >= 0.6 is 0 Å². The van der Waals surface area contributed by atoms with Crippen molar-refractivity contribution in [3.05, 3.63) is 30.1 Å². The van der Waals surface area contributed by atoms with Crippen LogP contribution in [0.25, 0.3) is 11.0 Å². The molecule has 1 atom stereocenters. The Morgan fingerprint density at radius 1 is 1.29 bits per heavy atom. The van der Waals surface area contributed by atoms with Gasteiger partial charge in [-0.1, -0.05) is 19.1 Å². The molecule has 2 amide bonds. The molecule has 1 heterocycles. The number of aromatic nitrogens is 2. The van der Waals surface area contributed by atoms with Crippen molar-refractivity contribution in [3.8, 4) is 0 Å². The molecule has 0 aliphatic rings. The highest BCUT2D eigenvalue weighted by molar-refractivity contribution is 5.81. The van der Waals surface area contributed by atoms with Crippen molar-refractivity contribution in [3.63, 3.8) is 0 Å². The van der Waals surface area contributed by atoms with Crippen LogP contribution in [0.1, 0.15) is 26.1 Å². The number of fused-ring (bicyclic) bond motifs is 1. The van der Waals surface area contributed by atoms with Crippen molar-refractivity contribution in [2.45, 2.75) is 39.4 Å². The summed E-state index contributed by atoms with van der Waals surface area (Å²) >= 11 is 0. The molecule has 0 bridgehead atoms. The van der Waals surface area contributed by atoms with Crippen LogP contribution in [0.5, 0.6) is 0 Å². The van der Waals surface area contributed by atoms with Crippen molar-refractivity contribution in [2.24, 2.45) is 0 Å². The topological polar surface area (TPSA) is 85.2 Å². The summed E-state index contributed by atoms with van der Waals surface area (Å²) in [5.41, 5.74) is 1.66. The quantitative estimate of drug-likeness (QED) is 0.761. The molecule has 0 radical (unpaired) electrons. The molecule has 0 saturated carbocycles. The van der Waals surface area contributed by atoms with E-state index in [1.54, 1.807) is 0 Å². The van der Waals surface area contributed by atoms with E-state index in [2.05, 4.69) is 15.6 Å². The molecule has 1 aromatic heterocycles. The third kappa shape index (κ3) is 4.55. The van der Waals surface area contributed by atoms with Gasteiger partial charge in [-0.3, -0.25) is 9.59 Å². The Morgan fingerprint density at radius 2 is 2.04 bits per heavy atom. The molecule has 0 aliphatic heterocycles. The van der Waals surface area contributed by atoms with Crippen LogP contribution in [-0.2, 0) is 27.4 Å². The van der Waals surface area contributed by atoms with Crippen LogP contribution in [-0.4, -0.2) is 41.1 Å². The third-order valence-corrected chi connectivity index (χ3v) is 3.77. The number of methoxy groups -OCH3 is 1. The summed E-state index contributed by atoms with van der Waals surface area (Å²) in [6.07, 6.45) is 0.871. The molecule has 2 N–H and O–H groups in total. The van der Waals surface area contributed by atoms with Gasteiger partial charge >= 0.3 is 0 Å². The maximum atomic E-state index is 12.2. The second-order valence-electron chi connectivity index (χ2n) is 5.69. The van der Waals surface area contributed by atoms with Crippen LogP contribution in [0.3, 0.4) is 0 Å². The van der Waals surface area contributed by atoms with Crippen LogP contribution in [0.15, 0.2) is 24.3 Å². The van der Waals surface area contributed by atoms with Gasteiger partial charge in [0, 0.05) is 13.2 Å². The lowest BCUT2D eigenvalue weighted by Gasteiger charge is -2.14. The standard InChI is InChI=1S/C17H24N4O3/c1-4-12(2)19-16(22)10-21-14-8-6-5-7-13(14)20-15(21)9-18-17(23)11-24-3/h5-8,12H,4,9-11H2,1-3H3,(H,18,23)(H,19,22). The summed E-state index contributed by atoms with van der Waals surface area (Å²) in [5, 5.41) is 5.70. The first-order chi connectivity index (χ1) is 11.5. The van der Waals surface area contributed by atoms with Crippen molar-refractivity contribution >= 4 is 22.8 Å². The van der Waals surface area contributed by atoms with Gasteiger partial charge < -0.3 is 19.9 Å². The average Bonchev–Trinajstić information content (AvgIpc) is 2.91. The SMILES string of the molecule is CCC(C)NC(=O)Cn1c(CNC(=O)COC)nc2ccccc21. The molecule has 0 aliphatic carbocycles. The van der Waals surface area contributed by atoms with E-state index in [1.807, 2.05) is 42.7 Å². The first kappa shape index (κ1) is 17.9. The van der Waals surface area contributed by atoms with Crippen LogP contribution < -0.4 is 10.6 Å². The molecule has 130 valence electrons. The lowest BCUT2D eigenvalue weighted by atomic mass is 10.2. The zero-order valence-electron chi connectivity index (χ0n) is 14.3. The summed E-state index contributed by atoms with van der Waals surface area (Å²) in [7, 11) is 1.47. The maximum absolute atomic E-state index is 12.2. The van der Waals surface area contributed by atoms with Crippen molar-refractivity contribution in [1.29, 1.82) is 0 Å². The minimum absolute atomic E-state index is 0.00523. The minimum atomic E-state index is -0.222. The van der Waals surface area contributed by atoms with E-state index < -0.39 is 0 Å². The number of para-hydroxylation sites is 2. The Balaban J connectivity index is 2.20. The second kappa shape index (κ2) is 8.44. The minimum Gasteiger partial charge on any atom is -0.375 e. The highest BCUT2D eigenvalue weighted by atomic mass is 16.5. The van der Waals surface area contributed by atoms with Gasteiger partial charge in [0.2, 0.25) is 11.8 Å². The van der Waals surface area contributed by atoms with Gasteiger partial charge in [-0.05, 0) is 25.5 Å². The summed E-state index contributed by atoms with van der Waals surface area (Å²) in [6, 6.07) is 7.72. The molecule has 2 aromatic rings. The zero-order valence-corrected chi connectivity index (χ0v) is 14.3. The van der Waals surface area contributed by atoms with E-state index in [9.17, 15) is 9.59 Å². The summed E-state index contributed by atoms with van der Waals surface area (Å²) in [5.74, 6) is 0.345. The Labute approximate surface area is 141 Å². The number of benzene rings is 1. The number of hydrogen-bond donors (Lipinski definition) is 2. The molecule has 24 heavy (non-hydrogen) atoms. The molecular formula is C17H24N4O3. The highest BCUT2D eigenvalue weighted by Crippen LogP contribution is 2.16. The normalized spacial score (nSPS) is 12.1. The van der Waals surface area contributed by atoms with Crippen molar-refractivity contribution in [1.82, 2.24) is 20.2 Å². The Kier molecular flexibility index (Phi) is 6.31. The van der Waals surface area contributed by atoms with Gasteiger partial charge in [0.25, 0.3) is 0 Å². The lowest BCUT2D eigenvalue weighted by Crippen LogP contribution is -2.35. The number of amides is 2. The van der Waals surface area contributed by atoms with Crippen molar-refractivity contribution < 1.29 is 14.3 Å². The number of carbonyl (C=O) groups excluding carboxylic acids is 2. The fraction of sp³-hybridized carbons (Fsp3) is 0.471. The van der Waals surface area contributed by atoms with E-state index in [-0.39, 0.29) is 37.6 Å². The van der Waals surface area contributed by atoms with E-state index in [4.69, 9.17) is 4.74 Å². The summed E-state index contributed by atoms with van der Waals surface area (Å²) < 4.78 is 6.63. The lowest BCUT2D eigenvalue weighted by molar-refractivity contribution is -0.125. The Morgan fingerprint density at radius 3 is 2.75 bits per heavy atom. The molecule has 0 fully saturated rings. The Bertz CT molecular complexity index is 711. The fourth-order valence-corrected chi connectivity index (χ4v) is 2.36. The predicted molar refractivity (Wildman–Crippen MR) is 91.4 cm³/mol. The van der Waals surface area contributed by atoms with E-state index >= 15 is 0 Å². The predicted octanol–water partition coefficient (Wildman–Crippen LogP) is 1.21. The van der Waals surface area contributed by atoms with Crippen LogP contribution in [0.2, 0.25) is 0 Å². The van der Waals surface area contributed by atoms with Gasteiger partial charge in [0.05, 0.1) is 17.6 Å².